The van der Waals surface area contributed by atoms with E-state index in [2.05, 4.69) is 0 Å². The maximum absolute atomic E-state index is 10.8. The molecule has 6 nitrogen and oxygen atoms in total. The molecular weight excluding hydrogens is 250 g/mol. The third kappa shape index (κ3) is 3.59. The topological polar surface area (TPSA) is 90.2 Å². The van der Waals surface area contributed by atoms with Crippen LogP contribution in [0.25, 0.3) is 0 Å². The molecule has 1 aliphatic heterocycles. The highest BCUT2D eigenvalue weighted by Gasteiger charge is 2.25. The number of morpholine rings is 1. The van der Waals surface area contributed by atoms with E-state index in [1.807, 2.05) is 4.90 Å². The molecule has 0 saturated carbocycles. The molecule has 104 valence electrons. The van der Waals surface area contributed by atoms with Crippen LogP contribution < -0.4 is 0 Å². The second kappa shape index (κ2) is 5.90. The molecule has 0 aliphatic carbocycles. The number of ether oxygens (including phenoxy) is 1. The molecule has 1 heterocycles. The fourth-order valence-corrected chi connectivity index (χ4v) is 2.19. The van der Waals surface area contributed by atoms with E-state index < -0.39 is 5.97 Å². The van der Waals surface area contributed by atoms with Gasteiger partial charge in [-0.15, -0.1) is 0 Å². The fourth-order valence-electron chi connectivity index (χ4n) is 2.19. The Morgan fingerprint density at radius 2 is 2.16 bits per heavy atom. The van der Waals surface area contributed by atoms with Crippen molar-refractivity contribution in [2.75, 3.05) is 19.8 Å². The Kier molecular flexibility index (Phi) is 4.24. The Morgan fingerprint density at radius 3 is 2.84 bits per heavy atom. The normalized spacial score (nSPS) is 20.3. The molecule has 19 heavy (non-hydrogen) atoms. The molecule has 1 aromatic carbocycles. The first kappa shape index (κ1) is 13.6. The molecule has 1 unspecified atom stereocenters. The highest BCUT2D eigenvalue weighted by molar-refractivity contribution is 5.67. The lowest BCUT2D eigenvalue weighted by molar-refractivity contribution is -0.140. The van der Waals surface area contributed by atoms with Gasteiger partial charge in [0.25, 0.3) is 0 Å². The first-order valence-electron chi connectivity index (χ1n) is 6.10. The third-order valence-electron chi connectivity index (χ3n) is 3.19. The van der Waals surface area contributed by atoms with Crippen LogP contribution in [0.2, 0.25) is 0 Å². The van der Waals surface area contributed by atoms with Gasteiger partial charge in [0.2, 0.25) is 0 Å². The van der Waals surface area contributed by atoms with Crippen LogP contribution in [0.3, 0.4) is 0 Å². The summed E-state index contributed by atoms with van der Waals surface area (Å²) in [5.74, 6) is -1.18. The van der Waals surface area contributed by atoms with Gasteiger partial charge in [0.1, 0.15) is 0 Å². The smallest absolute Gasteiger partial charge is 0.305 e. The van der Waals surface area contributed by atoms with Gasteiger partial charge < -0.3 is 20.1 Å². The maximum Gasteiger partial charge on any atom is 0.305 e. The van der Waals surface area contributed by atoms with Gasteiger partial charge in [-0.05, 0) is 17.7 Å². The fraction of sp³-hybridized carbons (Fsp3) is 0.462. The summed E-state index contributed by atoms with van der Waals surface area (Å²) in [5, 5.41) is 27.6. The van der Waals surface area contributed by atoms with Crippen molar-refractivity contribution in [3.63, 3.8) is 0 Å². The van der Waals surface area contributed by atoms with Gasteiger partial charge in [0.15, 0.2) is 11.5 Å². The second-order valence-corrected chi connectivity index (χ2v) is 4.62. The number of nitrogens with zero attached hydrogens (tertiary/aromatic N) is 1. The number of phenols is 2. The number of aliphatic carboxylic acids is 1. The molecule has 0 spiro atoms. The van der Waals surface area contributed by atoms with Crippen molar-refractivity contribution in [2.45, 2.75) is 19.0 Å². The van der Waals surface area contributed by atoms with Crippen molar-refractivity contribution in [3.8, 4) is 11.5 Å². The molecule has 0 aromatic heterocycles. The van der Waals surface area contributed by atoms with Crippen molar-refractivity contribution < 1.29 is 24.9 Å². The van der Waals surface area contributed by atoms with Crippen molar-refractivity contribution in [1.29, 1.82) is 0 Å². The lowest BCUT2D eigenvalue weighted by Gasteiger charge is -2.34. The van der Waals surface area contributed by atoms with E-state index in [-0.39, 0.29) is 24.0 Å². The van der Waals surface area contributed by atoms with Crippen LogP contribution in [0.4, 0.5) is 0 Å². The van der Waals surface area contributed by atoms with E-state index in [0.717, 1.165) is 5.56 Å². The van der Waals surface area contributed by atoms with Gasteiger partial charge in [-0.1, -0.05) is 6.07 Å². The summed E-state index contributed by atoms with van der Waals surface area (Å²) in [6, 6.07) is 4.46. The zero-order valence-electron chi connectivity index (χ0n) is 10.5. The molecule has 1 atom stereocenters. The quantitative estimate of drug-likeness (QED) is 0.698. The van der Waals surface area contributed by atoms with Crippen molar-refractivity contribution in [2.24, 2.45) is 0 Å². The van der Waals surface area contributed by atoms with E-state index in [0.29, 0.717) is 26.3 Å². The summed E-state index contributed by atoms with van der Waals surface area (Å²) in [6.45, 7) is 2.14. The largest absolute Gasteiger partial charge is 0.504 e. The highest BCUT2D eigenvalue weighted by Crippen LogP contribution is 2.26. The van der Waals surface area contributed by atoms with Crippen LogP contribution >= 0.6 is 0 Å². The first-order chi connectivity index (χ1) is 9.06. The Bertz CT molecular complexity index is 462. The number of hydrogen-bond donors (Lipinski definition) is 3. The lowest BCUT2D eigenvalue weighted by Crippen LogP contribution is -2.45. The minimum atomic E-state index is -0.853. The minimum Gasteiger partial charge on any atom is -0.504 e. The zero-order chi connectivity index (χ0) is 13.8. The Labute approximate surface area is 110 Å². The number of hydrogen-bond acceptors (Lipinski definition) is 5. The molecule has 0 amide bonds. The zero-order valence-corrected chi connectivity index (χ0v) is 10.5. The number of phenolic OH excluding ortho intramolecular Hbond substituents is 2. The Balaban J connectivity index is 2.06. The summed E-state index contributed by atoms with van der Waals surface area (Å²) < 4.78 is 5.30. The molecule has 0 radical (unpaired) electrons. The predicted molar refractivity (Wildman–Crippen MR) is 67.0 cm³/mol. The summed E-state index contributed by atoms with van der Waals surface area (Å²) in [6.07, 6.45) is 0.0318. The number of carbonyl (C=O) groups is 1. The van der Waals surface area contributed by atoms with Crippen molar-refractivity contribution in [1.82, 2.24) is 4.90 Å². The van der Waals surface area contributed by atoms with Crippen LogP contribution in [-0.4, -0.2) is 52.0 Å². The van der Waals surface area contributed by atoms with E-state index in [9.17, 15) is 15.0 Å². The van der Waals surface area contributed by atoms with Gasteiger partial charge in [-0.25, -0.2) is 0 Å². The summed E-state index contributed by atoms with van der Waals surface area (Å²) in [4.78, 5) is 12.8. The molecule has 2 rings (SSSR count). The van der Waals surface area contributed by atoms with Crippen molar-refractivity contribution in [3.05, 3.63) is 23.8 Å². The highest BCUT2D eigenvalue weighted by atomic mass is 16.5. The molecule has 3 N–H and O–H groups in total. The Morgan fingerprint density at radius 1 is 1.37 bits per heavy atom. The van der Waals surface area contributed by atoms with E-state index in [1.165, 1.54) is 12.1 Å². The molecule has 1 aliphatic rings. The van der Waals surface area contributed by atoms with Crippen molar-refractivity contribution >= 4 is 5.97 Å². The number of benzene rings is 1. The van der Waals surface area contributed by atoms with Crippen LogP contribution in [0.1, 0.15) is 12.0 Å². The van der Waals surface area contributed by atoms with Gasteiger partial charge in [-0.2, -0.15) is 0 Å². The summed E-state index contributed by atoms with van der Waals surface area (Å²) >= 11 is 0. The second-order valence-electron chi connectivity index (χ2n) is 4.62. The summed E-state index contributed by atoms with van der Waals surface area (Å²) in [7, 11) is 0. The number of carboxylic acids is 1. The Hall–Kier alpha value is -1.79. The molecule has 0 bridgehead atoms. The average molecular weight is 267 g/mol. The molecular formula is C13H17NO5. The van der Waals surface area contributed by atoms with Crippen LogP contribution in [0.5, 0.6) is 11.5 Å². The lowest BCUT2D eigenvalue weighted by atomic mass is 10.1. The number of aromatic hydroxyl groups is 2. The van der Waals surface area contributed by atoms with E-state index >= 15 is 0 Å². The maximum atomic E-state index is 10.8. The van der Waals surface area contributed by atoms with Gasteiger partial charge >= 0.3 is 5.97 Å². The molecule has 1 aromatic rings. The third-order valence-corrected chi connectivity index (χ3v) is 3.19. The monoisotopic (exact) mass is 267 g/mol. The SMILES string of the molecule is O=C(O)CC1COCCN1Cc1ccc(O)c(O)c1. The van der Waals surface area contributed by atoms with Gasteiger partial charge in [-0.3, -0.25) is 9.69 Å². The van der Waals surface area contributed by atoms with E-state index in [4.69, 9.17) is 9.84 Å². The summed E-state index contributed by atoms with van der Waals surface area (Å²) in [5.41, 5.74) is 0.826. The van der Waals surface area contributed by atoms with E-state index in [1.54, 1.807) is 6.07 Å². The van der Waals surface area contributed by atoms with Crippen LogP contribution in [0.15, 0.2) is 18.2 Å². The molecule has 1 saturated heterocycles. The number of carboxylic acid groups (broad SMARTS) is 1. The minimum absolute atomic E-state index is 0.0318. The average Bonchev–Trinajstić information content (AvgIpc) is 2.36. The molecule has 6 heteroatoms. The van der Waals surface area contributed by atoms with Gasteiger partial charge in [0, 0.05) is 19.1 Å². The predicted octanol–water partition coefficient (Wildman–Crippen LogP) is 0.773. The number of rotatable bonds is 4. The van der Waals surface area contributed by atoms with Crippen LogP contribution in [-0.2, 0) is 16.1 Å². The molecule has 1 fully saturated rings. The van der Waals surface area contributed by atoms with Gasteiger partial charge in [0.05, 0.1) is 19.6 Å². The standard InChI is InChI=1S/C13H17NO5/c15-11-2-1-9(5-12(11)16)7-14-3-4-19-8-10(14)6-13(17)18/h1-2,5,10,15-16H,3-4,6-8H2,(H,17,18). The first-order valence-corrected chi connectivity index (χ1v) is 6.10. The van der Waals surface area contributed by atoms with Crippen LogP contribution in [0, 0.1) is 0 Å².